The third-order valence-corrected chi connectivity index (χ3v) is 1.85. The van der Waals surface area contributed by atoms with Crippen molar-refractivity contribution < 1.29 is 32.2 Å². The summed E-state index contributed by atoms with van der Waals surface area (Å²) < 4.78 is 51.8. The molecule has 17 heavy (non-hydrogen) atoms. The lowest BCUT2D eigenvalue weighted by Crippen LogP contribution is -2.20. The molecule has 0 aromatic carbocycles. The lowest BCUT2D eigenvalue weighted by atomic mass is 10.2. The van der Waals surface area contributed by atoms with Crippen molar-refractivity contribution in [3.8, 4) is 5.88 Å². The van der Waals surface area contributed by atoms with Crippen molar-refractivity contribution in [3.05, 3.63) is 23.1 Å². The first-order valence-corrected chi connectivity index (χ1v) is 4.52. The minimum absolute atomic E-state index is 0.369. The molecule has 0 aliphatic carbocycles. The van der Waals surface area contributed by atoms with Crippen molar-refractivity contribution in [2.75, 3.05) is 0 Å². The first kappa shape index (κ1) is 13.5. The zero-order valence-electron chi connectivity index (χ0n) is 7.89. The number of carboxylic acids is 1. The fraction of sp³-hybridized carbons (Fsp3) is 0.250. The number of halogens is 5. The van der Waals surface area contributed by atoms with Crippen LogP contribution in [0.3, 0.4) is 0 Å². The van der Waals surface area contributed by atoms with Gasteiger partial charge >= 0.3 is 12.3 Å². The molecule has 0 amide bonds. The highest BCUT2D eigenvalue weighted by atomic mass is 35.5. The van der Waals surface area contributed by atoms with Gasteiger partial charge in [-0.3, -0.25) is 0 Å². The van der Waals surface area contributed by atoms with Gasteiger partial charge in [-0.25, -0.2) is 14.2 Å². The maximum atomic E-state index is 13.1. The van der Waals surface area contributed by atoms with Gasteiger partial charge in [0.15, 0.2) is 5.82 Å². The topological polar surface area (TPSA) is 59.4 Å². The van der Waals surface area contributed by atoms with E-state index in [0.29, 0.717) is 6.07 Å². The van der Waals surface area contributed by atoms with E-state index in [0.717, 1.165) is 0 Å². The lowest BCUT2D eigenvalue weighted by Gasteiger charge is -2.10. The third-order valence-electron chi connectivity index (χ3n) is 1.59. The zero-order chi connectivity index (χ0) is 13.2. The summed E-state index contributed by atoms with van der Waals surface area (Å²) in [4.78, 5) is 13.7. The molecule has 0 fully saturated rings. The molecule has 1 heterocycles. The Labute approximate surface area is 96.8 Å². The molecule has 0 spiro atoms. The molecule has 0 unspecified atom stereocenters. The molecule has 0 saturated carbocycles. The Kier molecular flexibility index (Phi) is 3.76. The number of rotatable bonds is 3. The van der Waals surface area contributed by atoms with Crippen molar-refractivity contribution in [2.45, 2.75) is 12.2 Å². The monoisotopic (exact) mass is 273 g/mol. The van der Waals surface area contributed by atoms with Gasteiger partial charge in [-0.2, -0.15) is 0 Å². The molecule has 0 aliphatic heterocycles. The van der Waals surface area contributed by atoms with E-state index in [1.54, 1.807) is 0 Å². The second-order valence-corrected chi connectivity index (χ2v) is 3.02. The van der Waals surface area contributed by atoms with E-state index in [1.807, 2.05) is 0 Å². The van der Waals surface area contributed by atoms with Gasteiger partial charge in [0, 0.05) is 0 Å². The minimum atomic E-state index is -5.12. The van der Waals surface area contributed by atoms with Crippen LogP contribution in [0.25, 0.3) is 0 Å². The highest BCUT2D eigenvalue weighted by molar-refractivity contribution is 6.17. The first-order chi connectivity index (χ1) is 7.74. The second kappa shape index (κ2) is 4.74. The number of alkyl halides is 4. The number of hydrogen-bond acceptors (Lipinski definition) is 3. The number of ether oxygens (including phenoxy) is 1. The zero-order valence-corrected chi connectivity index (χ0v) is 8.64. The Morgan fingerprint density at radius 3 is 2.53 bits per heavy atom. The average Bonchev–Trinajstić information content (AvgIpc) is 2.18. The normalized spacial score (nSPS) is 11.4. The largest absolute Gasteiger partial charge is 0.574 e. The van der Waals surface area contributed by atoms with E-state index in [-0.39, 0.29) is 0 Å². The number of carboxylic acid groups (broad SMARTS) is 1. The van der Waals surface area contributed by atoms with E-state index in [4.69, 9.17) is 16.7 Å². The number of aromatic nitrogens is 1. The van der Waals surface area contributed by atoms with Crippen LogP contribution >= 0.6 is 11.6 Å². The summed E-state index contributed by atoms with van der Waals surface area (Å²) in [5, 5.41) is 8.62. The van der Waals surface area contributed by atoms with Crippen LogP contribution in [-0.2, 0) is 5.88 Å². The highest BCUT2D eigenvalue weighted by Crippen LogP contribution is 2.25. The summed E-state index contributed by atoms with van der Waals surface area (Å²) >= 11 is 5.29. The minimum Gasteiger partial charge on any atom is -0.478 e. The second-order valence-electron chi connectivity index (χ2n) is 2.76. The van der Waals surface area contributed by atoms with Gasteiger partial charge in [0.1, 0.15) is 0 Å². The van der Waals surface area contributed by atoms with E-state index in [1.165, 1.54) is 0 Å². The van der Waals surface area contributed by atoms with Crippen LogP contribution in [-0.4, -0.2) is 22.4 Å². The summed E-state index contributed by atoms with van der Waals surface area (Å²) in [6.07, 6.45) is -5.12. The molecule has 9 heteroatoms. The van der Waals surface area contributed by atoms with Crippen molar-refractivity contribution in [1.82, 2.24) is 4.98 Å². The highest BCUT2D eigenvalue weighted by Gasteiger charge is 2.34. The maximum Gasteiger partial charge on any atom is 0.574 e. The van der Waals surface area contributed by atoms with Crippen LogP contribution in [0.15, 0.2) is 6.07 Å². The van der Waals surface area contributed by atoms with E-state index < -0.39 is 41.2 Å². The number of pyridine rings is 1. The molecule has 0 atom stereocenters. The van der Waals surface area contributed by atoms with Gasteiger partial charge in [-0.15, -0.1) is 24.8 Å². The molecule has 1 N–H and O–H groups in total. The maximum absolute atomic E-state index is 13.1. The summed E-state index contributed by atoms with van der Waals surface area (Å²) in [7, 11) is 0. The number of carbonyl (C=O) groups is 1. The Bertz CT molecular complexity index is 449. The quantitative estimate of drug-likeness (QED) is 0.679. The standard InChI is InChI=1S/C8H4ClF4NO3/c9-2-5-3(7(15)16)1-4(10)6(14-5)17-8(11,12)13/h1H,2H2,(H,15,16). The molecule has 1 rings (SSSR count). The van der Waals surface area contributed by atoms with E-state index >= 15 is 0 Å². The molecule has 1 aromatic rings. The van der Waals surface area contributed by atoms with E-state index in [2.05, 4.69) is 9.72 Å². The first-order valence-electron chi connectivity index (χ1n) is 3.99. The molecular formula is C8H4ClF4NO3. The van der Waals surface area contributed by atoms with Crippen molar-refractivity contribution >= 4 is 17.6 Å². The average molecular weight is 274 g/mol. The molecule has 0 bridgehead atoms. The number of aromatic carboxylic acids is 1. The number of hydrogen-bond donors (Lipinski definition) is 1. The third kappa shape index (κ3) is 3.45. The van der Waals surface area contributed by atoms with Crippen LogP contribution < -0.4 is 4.74 Å². The van der Waals surface area contributed by atoms with Gasteiger partial charge in [0.2, 0.25) is 0 Å². The molecule has 4 nitrogen and oxygen atoms in total. The van der Waals surface area contributed by atoms with Crippen LogP contribution in [0.2, 0.25) is 0 Å². The fourth-order valence-electron chi connectivity index (χ4n) is 0.976. The summed E-state index contributed by atoms with van der Waals surface area (Å²) in [6.45, 7) is 0. The van der Waals surface area contributed by atoms with Crippen LogP contribution in [0.1, 0.15) is 16.1 Å². The van der Waals surface area contributed by atoms with Gasteiger partial charge in [0.05, 0.1) is 17.1 Å². The van der Waals surface area contributed by atoms with Crippen LogP contribution in [0, 0.1) is 5.82 Å². The molecule has 0 aliphatic rings. The van der Waals surface area contributed by atoms with Gasteiger partial charge < -0.3 is 9.84 Å². The van der Waals surface area contributed by atoms with Gasteiger partial charge in [-0.05, 0) is 6.07 Å². The smallest absolute Gasteiger partial charge is 0.478 e. The number of nitrogens with zero attached hydrogens (tertiary/aromatic N) is 1. The SMILES string of the molecule is O=C(O)c1cc(F)c(OC(F)(F)F)nc1CCl. The van der Waals surface area contributed by atoms with Crippen molar-refractivity contribution in [1.29, 1.82) is 0 Å². The molecular weight excluding hydrogens is 270 g/mol. The van der Waals surface area contributed by atoms with Crippen LogP contribution in [0.4, 0.5) is 17.6 Å². The molecule has 0 radical (unpaired) electrons. The predicted octanol–water partition coefficient (Wildman–Crippen LogP) is 2.56. The fourth-order valence-corrected chi connectivity index (χ4v) is 1.18. The van der Waals surface area contributed by atoms with Gasteiger partial charge in [-0.1, -0.05) is 0 Å². The molecule has 0 saturated heterocycles. The van der Waals surface area contributed by atoms with Crippen molar-refractivity contribution in [2.24, 2.45) is 0 Å². The molecule has 1 aromatic heterocycles. The Morgan fingerprint density at radius 1 is 1.53 bits per heavy atom. The Hall–Kier alpha value is -1.57. The van der Waals surface area contributed by atoms with Gasteiger partial charge in [0.25, 0.3) is 5.88 Å². The summed E-state index contributed by atoms with van der Waals surface area (Å²) in [5.74, 6) is -4.94. The molecule has 94 valence electrons. The Morgan fingerprint density at radius 2 is 2.12 bits per heavy atom. The summed E-state index contributed by atoms with van der Waals surface area (Å²) in [6, 6.07) is 0.369. The predicted molar refractivity (Wildman–Crippen MR) is 47.4 cm³/mol. The van der Waals surface area contributed by atoms with Crippen molar-refractivity contribution in [3.63, 3.8) is 0 Å². The summed E-state index contributed by atoms with van der Waals surface area (Å²) in [5.41, 5.74) is -1.04. The van der Waals surface area contributed by atoms with E-state index in [9.17, 15) is 22.4 Å². The Balaban J connectivity index is 3.23. The lowest BCUT2D eigenvalue weighted by molar-refractivity contribution is -0.277. The van der Waals surface area contributed by atoms with Crippen LogP contribution in [0.5, 0.6) is 5.88 Å².